The first-order valence-electron chi connectivity index (χ1n) is 17.4. The predicted octanol–water partition coefficient (Wildman–Crippen LogP) is -0.600. The van der Waals surface area contributed by atoms with Gasteiger partial charge in [-0.1, -0.05) is 0 Å². The fraction of sp³-hybridized carbons (Fsp3) is 0.471. The molecule has 12 N–H and O–H groups in total. The minimum absolute atomic E-state index is 0.00266. The number of benzene rings is 2. The maximum Gasteiger partial charge on any atom is 0.253 e. The van der Waals surface area contributed by atoms with E-state index in [1.807, 2.05) is 22.6 Å². The summed E-state index contributed by atoms with van der Waals surface area (Å²) in [5.74, 6) is -4.40. The fourth-order valence-electron chi connectivity index (χ4n) is 5.21. The number of nitrogens with one attached hydrogen (secondary N) is 4. The molecule has 0 saturated heterocycles. The van der Waals surface area contributed by atoms with Gasteiger partial charge in [-0.25, -0.2) is 0 Å². The van der Waals surface area contributed by atoms with Crippen LogP contribution in [0.1, 0.15) is 61.7 Å². The van der Waals surface area contributed by atoms with Gasteiger partial charge in [0.1, 0.15) is 0 Å². The molecule has 0 spiro atoms. The first-order chi connectivity index (χ1) is 28.1. The standard InChI is InChI=1S/C34H42I6N6O14/c1-13(50)45(29-25(37)19(31(57)41-4-3-6-47)23(35)21(27(29)39)33(59)43-8-15(52)12-49)10-16(53)17(54)11-46(14(2)51)30-26(38)20(32(58)42-5-7-48)24(36)22(28(30)40)34(60)44-9-18(55)56/h15-18,47-49,52-56H,3-12H2,1-2H3,(H,41,57)(H,42,58)(H,43,59)(H,44,60). The van der Waals surface area contributed by atoms with Crippen LogP contribution in [0, 0.1) is 21.4 Å². The number of aliphatic hydroxyl groups excluding tert-OH is 7. The Labute approximate surface area is 425 Å². The Bertz CT molecular complexity index is 1940. The average molecular weight is 1520 g/mol. The van der Waals surface area contributed by atoms with Gasteiger partial charge in [0, 0.05) is 47.2 Å². The molecule has 334 valence electrons. The van der Waals surface area contributed by atoms with Gasteiger partial charge in [0.25, 0.3) is 23.6 Å². The van der Waals surface area contributed by atoms with Crippen molar-refractivity contribution in [3.63, 3.8) is 0 Å². The summed E-state index contributed by atoms with van der Waals surface area (Å²) in [4.78, 5) is 82.8. The molecule has 0 saturated carbocycles. The predicted molar refractivity (Wildman–Crippen MR) is 267 cm³/mol. The molecule has 3 unspecified atom stereocenters. The molecule has 20 nitrogen and oxygen atoms in total. The first-order valence-corrected chi connectivity index (χ1v) is 23.9. The Morgan fingerprint density at radius 3 is 1.18 bits per heavy atom. The molecule has 0 aromatic heterocycles. The fourth-order valence-corrected chi connectivity index (χ4v) is 14.7. The number of nitrogens with zero attached hydrogens (tertiary/aromatic N) is 2. The van der Waals surface area contributed by atoms with Crippen LogP contribution in [0.4, 0.5) is 11.4 Å². The van der Waals surface area contributed by atoms with E-state index in [-0.39, 0.29) is 87.7 Å². The molecule has 2 rings (SSSR count). The van der Waals surface area contributed by atoms with Gasteiger partial charge in [-0.05, 0) is 142 Å². The zero-order valence-electron chi connectivity index (χ0n) is 31.6. The van der Waals surface area contributed by atoms with Crippen LogP contribution in [0.25, 0.3) is 0 Å². The lowest BCUT2D eigenvalue weighted by molar-refractivity contribution is -0.118. The summed E-state index contributed by atoms with van der Waals surface area (Å²) in [7, 11) is 0. The van der Waals surface area contributed by atoms with Crippen molar-refractivity contribution in [1.82, 2.24) is 21.3 Å². The third-order valence-electron chi connectivity index (χ3n) is 8.15. The lowest BCUT2D eigenvalue weighted by Gasteiger charge is -2.33. The van der Waals surface area contributed by atoms with Crippen LogP contribution in [0.15, 0.2) is 0 Å². The highest BCUT2D eigenvalue weighted by molar-refractivity contribution is 14.1. The van der Waals surface area contributed by atoms with E-state index in [1.54, 1.807) is 113 Å². The number of aliphatic hydroxyl groups is 8. The van der Waals surface area contributed by atoms with Crippen molar-refractivity contribution in [2.75, 3.05) is 68.9 Å². The van der Waals surface area contributed by atoms with E-state index < -0.39 is 92.9 Å². The minimum atomic E-state index is -1.92. The lowest BCUT2D eigenvalue weighted by atomic mass is 10.0. The van der Waals surface area contributed by atoms with E-state index in [9.17, 15) is 69.6 Å². The van der Waals surface area contributed by atoms with Crippen molar-refractivity contribution in [2.24, 2.45) is 0 Å². The molecule has 0 aliphatic heterocycles. The maximum absolute atomic E-state index is 13.6. The van der Waals surface area contributed by atoms with E-state index in [0.717, 1.165) is 23.6 Å². The maximum atomic E-state index is 13.6. The smallest absolute Gasteiger partial charge is 0.253 e. The summed E-state index contributed by atoms with van der Waals surface area (Å²) in [6.45, 7) is -1.37. The molecule has 0 heterocycles. The van der Waals surface area contributed by atoms with Crippen LogP contribution < -0.4 is 31.1 Å². The Kier molecular flexibility index (Phi) is 24.3. The second-order valence-electron chi connectivity index (χ2n) is 12.5. The van der Waals surface area contributed by atoms with Gasteiger partial charge in [-0.3, -0.25) is 28.8 Å². The highest BCUT2D eigenvalue weighted by Crippen LogP contribution is 2.40. The van der Waals surface area contributed by atoms with Crippen LogP contribution in [0.5, 0.6) is 0 Å². The Hall–Kier alpha value is -0.680. The van der Waals surface area contributed by atoms with Crippen molar-refractivity contribution < 1.29 is 69.6 Å². The molecule has 60 heavy (non-hydrogen) atoms. The number of hydrogen-bond donors (Lipinski definition) is 12. The molecule has 0 fully saturated rings. The Morgan fingerprint density at radius 2 is 0.867 bits per heavy atom. The molecule has 6 amide bonds. The van der Waals surface area contributed by atoms with Crippen LogP contribution in [0.2, 0.25) is 0 Å². The molecule has 26 heteroatoms. The summed E-state index contributed by atoms with van der Waals surface area (Å²) in [6, 6.07) is 0. The van der Waals surface area contributed by atoms with Crippen molar-refractivity contribution in [2.45, 2.75) is 44.9 Å². The van der Waals surface area contributed by atoms with Crippen molar-refractivity contribution in [3.05, 3.63) is 43.7 Å². The summed E-state index contributed by atoms with van der Waals surface area (Å²) in [6.07, 6.45) is -6.68. The molecule has 2 aromatic rings. The molecular weight excluding hydrogens is 1480 g/mol. The Balaban J connectivity index is 2.76. The molecule has 0 bridgehead atoms. The van der Waals surface area contributed by atoms with Crippen molar-refractivity contribution >= 4 is 182 Å². The number of carbonyl (C=O) groups is 6. The summed E-state index contributed by atoms with van der Waals surface area (Å²) < 4.78 is 0.844. The van der Waals surface area contributed by atoms with E-state index in [2.05, 4.69) is 21.3 Å². The SMILES string of the molecule is CC(=O)N(CC(O)C(O)CN(C(C)=O)c1c(I)c(C(=O)NCCCO)c(I)c(C(=O)NCC(O)CO)c1I)c1c(I)c(C(=O)NCCO)c(I)c(C(=O)NCC(O)O)c1I. The number of amides is 6. The second kappa shape index (κ2) is 26.3. The quantitative estimate of drug-likeness (QED) is 0.0422. The topological polar surface area (TPSA) is 319 Å². The lowest BCUT2D eigenvalue weighted by Crippen LogP contribution is -2.48. The van der Waals surface area contributed by atoms with Gasteiger partial charge >= 0.3 is 0 Å². The molecular formula is C34H42I6N6O14. The molecule has 0 aliphatic carbocycles. The molecule has 0 radical (unpaired) electrons. The highest BCUT2D eigenvalue weighted by atomic mass is 127. The van der Waals surface area contributed by atoms with Crippen LogP contribution in [-0.4, -0.2) is 160 Å². The molecule has 0 aliphatic rings. The summed E-state index contributed by atoms with van der Waals surface area (Å²) in [5, 5.41) is 89.5. The van der Waals surface area contributed by atoms with Crippen LogP contribution in [-0.2, 0) is 9.59 Å². The third kappa shape index (κ3) is 14.4. The monoisotopic (exact) mass is 1520 g/mol. The summed E-state index contributed by atoms with van der Waals surface area (Å²) >= 11 is 10.7. The van der Waals surface area contributed by atoms with E-state index in [4.69, 9.17) is 0 Å². The van der Waals surface area contributed by atoms with E-state index in [1.165, 1.54) is 0 Å². The van der Waals surface area contributed by atoms with E-state index >= 15 is 0 Å². The number of rotatable bonds is 21. The molecule has 2 aromatic carbocycles. The van der Waals surface area contributed by atoms with Gasteiger partial charge in [0.05, 0.1) is 99.1 Å². The van der Waals surface area contributed by atoms with Crippen molar-refractivity contribution in [1.29, 1.82) is 0 Å². The number of anilines is 2. The molecule has 3 atom stereocenters. The normalized spacial score (nSPS) is 12.7. The number of halogens is 6. The van der Waals surface area contributed by atoms with Gasteiger partial charge < -0.3 is 71.9 Å². The van der Waals surface area contributed by atoms with Gasteiger partial charge in [0.2, 0.25) is 11.8 Å². The average Bonchev–Trinajstić information content (AvgIpc) is 3.17. The number of carbonyl (C=O) groups excluding carboxylic acids is 6. The van der Waals surface area contributed by atoms with Gasteiger partial charge in [-0.2, -0.15) is 0 Å². The highest BCUT2D eigenvalue weighted by Gasteiger charge is 2.36. The van der Waals surface area contributed by atoms with Crippen LogP contribution >= 0.6 is 136 Å². The van der Waals surface area contributed by atoms with Gasteiger partial charge in [0.15, 0.2) is 6.29 Å². The summed E-state index contributed by atoms with van der Waals surface area (Å²) in [5.41, 5.74) is -0.343. The first kappa shape index (κ1) is 55.5. The van der Waals surface area contributed by atoms with Crippen LogP contribution in [0.3, 0.4) is 0 Å². The van der Waals surface area contributed by atoms with E-state index in [0.29, 0.717) is 0 Å². The Morgan fingerprint density at radius 1 is 0.517 bits per heavy atom. The second-order valence-corrected chi connectivity index (χ2v) is 19.0. The van der Waals surface area contributed by atoms with Gasteiger partial charge in [-0.15, -0.1) is 0 Å². The largest absolute Gasteiger partial charge is 0.396 e. The zero-order chi connectivity index (χ0) is 45.8. The zero-order valence-corrected chi connectivity index (χ0v) is 44.5. The third-order valence-corrected chi connectivity index (χ3v) is 14.5. The number of hydrogen-bond acceptors (Lipinski definition) is 14. The van der Waals surface area contributed by atoms with Crippen molar-refractivity contribution in [3.8, 4) is 0 Å². The minimum Gasteiger partial charge on any atom is -0.396 e.